The summed E-state index contributed by atoms with van der Waals surface area (Å²) in [5.41, 5.74) is -1.08. The Balaban J connectivity index is 1.96. The molecule has 7 heteroatoms. The number of ether oxygens (including phenoxy) is 2. The number of likely N-dealkylation sites (N-methyl/N-ethyl adjacent to an activating group) is 1. The van der Waals surface area contributed by atoms with E-state index in [1.807, 2.05) is 20.8 Å². The highest BCUT2D eigenvalue weighted by Gasteiger charge is 2.48. The molecular formula is C15H27N3O4. The van der Waals surface area contributed by atoms with Crippen LogP contribution in [0.5, 0.6) is 0 Å². The van der Waals surface area contributed by atoms with Crippen LogP contribution >= 0.6 is 0 Å². The second kappa shape index (κ2) is 6.42. The Kier molecular flexibility index (Phi) is 4.97. The zero-order valence-corrected chi connectivity index (χ0v) is 14.0. The molecule has 126 valence electrons. The van der Waals surface area contributed by atoms with Crippen LogP contribution in [0.15, 0.2) is 0 Å². The number of piperazine rings is 1. The van der Waals surface area contributed by atoms with Crippen molar-refractivity contribution in [3.05, 3.63) is 0 Å². The van der Waals surface area contributed by atoms with Crippen LogP contribution in [-0.4, -0.2) is 79.4 Å². The smallest absolute Gasteiger partial charge is 0.410 e. The molecule has 7 nitrogen and oxygen atoms in total. The highest BCUT2D eigenvalue weighted by atomic mass is 16.6. The van der Waals surface area contributed by atoms with Gasteiger partial charge in [0.2, 0.25) is 5.91 Å². The Morgan fingerprint density at radius 1 is 1.18 bits per heavy atom. The molecule has 1 atom stereocenters. The normalized spacial score (nSPS) is 26.8. The summed E-state index contributed by atoms with van der Waals surface area (Å²) in [6, 6.07) is 0. The van der Waals surface area contributed by atoms with Gasteiger partial charge in [-0.05, 0) is 20.8 Å². The first-order chi connectivity index (χ1) is 10.3. The minimum Gasteiger partial charge on any atom is -0.444 e. The molecule has 0 aliphatic carbocycles. The predicted molar refractivity (Wildman–Crippen MR) is 81.6 cm³/mol. The van der Waals surface area contributed by atoms with Crippen molar-refractivity contribution >= 4 is 12.0 Å². The topological polar surface area (TPSA) is 71.1 Å². The quantitative estimate of drug-likeness (QED) is 0.801. The lowest BCUT2D eigenvalue weighted by molar-refractivity contribution is -0.134. The molecule has 0 bridgehead atoms. The van der Waals surface area contributed by atoms with E-state index in [9.17, 15) is 9.59 Å². The van der Waals surface area contributed by atoms with E-state index in [0.717, 1.165) is 0 Å². The van der Waals surface area contributed by atoms with Gasteiger partial charge in [0.1, 0.15) is 11.1 Å². The van der Waals surface area contributed by atoms with Gasteiger partial charge in [-0.2, -0.15) is 0 Å². The van der Waals surface area contributed by atoms with Gasteiger partial charge in [-0.15, -0.1) is 0 Å². The summed E-state index contributed by atoms with van der Waals surface area (Å²) in [7, 11) is 1.65. The van der Waals surface area contributed by atoms with Crippen LogP contribution in [-0.2, 0) is 14.3 Å². The van der Waals surface area contributed by atoms with Crippen molar-refractivity contribution in [3.63, 3.8) is 0 Å². The first-order valence-corrected chi connectivity index (χ1v) is 7.81. The van der Waals surface area contributed by atoms with Gasteiger partial charge in [0.05, 0.1) is 6.61 Å². The summed E-state index contributed by atoms with van der Waals surface area (Å²) in [6.45, 7) is 9.01. The molecule has 2 aliphatic heterocycles. The average Bonchev–Trinajstić information content (AvgIpc) is 2.95. The number of carbonyl (C=O) groups excluding carboxylic acids is 2. The van der Waals surface area contributed by atoms with Gasteiger partial charge < -0.3 is 19.7 Å². The highest BCUT2D eigenvalue weighted by molar-refractivity contribution is 5.86. The van der Waals surface area contributed by atoms with Crippen molar-refractivity contribution in [1.29, 1.82) is 0 Å². The maximum Gasteiger partial charge on any atom is 0.410 e. The second-order valence-corrected chi connectivity index (χ2v) is 6.87. The van der Waals surface area contributed by atoms with Crippen LogP contribution in [0.25, 0.3) is 0 Å². The fourth-order valence-electron chi connectivity index (χ4n) is 3.00. The first kappa shape index (κ1) is 17.0. The molecule has 2 saturated heterocycles. The Bertz CT molecular complexity index is 419. The van der Waals surface area contributed by atoms with E-state index in [-0.39, 0.29) is 12.0 Å². The van der Waals surface area contributed by atoms with Crippen molar-refractivity contribution < 1.29 is 19.1 Å². The third-order valence-corrected chi connectivity index (χ3v) is 4.19. The van der Waals surface area contributed by atoms with Crippen LogP contribution < -0.4 is 5.32 Å². The molecule has 0 unspecified atom stereocenters. The predicted octanol–water partition coefficient (Wildman–Crippen LogP) is 0.444. The van der Waals surface area contributed by atoms with Gasteiger partial charge >= 0.3 is 6.09 Å². The Hall–Kier alpha value is -1.34. The van der Waals surface area contributed by atoms with Gasteiger partial charge in [0.25, 0.3) is 0 Å². The lowest BCUT2D eigenvalue weighted by Crippen LogP contribution is -2.64. The van der Waals surface area contributed by atoms with E-state index in [2.05, 4.69) is 10.2 Å². The van der Waals surface area contributed by atoms with Crippen LogP contribution in [0.1, 0.15) is 27.2 Å². The first-order valence-electron chi connectivity index (χ1n) is 7.81. The zero-order chi connectivity index (χ0) is 16.4. The Morgan fingerprint density at radius 2 is 1.82 bits per heavy atom. The van der Waals surface area contributed by atoms with Gasteiger partial charge in [-0.1, -0.05) is 0 Å². The molecule has 2 aliphatic rings. The van der Waals surface area contributed by atoms with E-state index < -0.39 is 11.1 Å². The minimum absolute atomic E-state index is 0.00396. The van der Waals surface area contributed by atoms with Crippen molar-refractivity contribution in [3.8, 4) is 0 Å². The third kappa shape index (κ3) is 3.52. The third-order valence-electron chi connectivity index (χ3n) is 4.19. The SMILES string of the molecule is CNC(=O)[C@@]1(N2CCN(C(=O)OC(C)(C)C)CC2)CCOC1. The largest absolute Gasteiger partial charge is 0.444 e. The standard InChI is InChI=1S/C15H27N3O4/c1-14(2,3)22-13(20)17-6-8-18(9-7-17)15(12(19)16-4)5-10-21-11-15/h5-11H2,1-4H3,(H,16,19)/t15-/m1/s1. The van der Waals surface area contributed by atoms with Crippen molar-refractivity contribution in [2.75, 3.05) is 46.4 Å². The molecule has 0 radical (unpaired) electrons. The number of rotatable bonds is 2. The van der Waals surface area contributed by atoms with Gasteiger partial charge in [-0.3, -0.25) is 9.69 Å². The van der Waals surface area contributed by atoms with Gasteiger partial charge in [0.15, 0.2) is 0 Å². The number of hydrogen-bond donors (Lipinski definition) is 1. The van der Waals surface area contributed by atoms with E-state index in [0.29, 0.717) is 45.8 Å². The summed E-state index contributed by atoms with van der Waals surface area (Å²) in [4.78, 5) is 28.2. The molecule has 2 heterocycles. The number of hydrogen-bond acceptors (Lipinski definition) is 5. The molecule has 2 rings (SSSR count). The number of nitrogens with zero attached hydrogens (tertiary/aromatic N) is 2. The summed E-state index contributed by atoms with van der Waals surface area (Å²) in [5, 5.41) is 2.74. The van der Waals surface area contributed by atoms with Crippen molar-refractivity contribution in [1.82, 2.24) is 15.1 Å². The fourth-order valence-corrected chi connectivity index (χ4v) is 3.00. The van der Waals surface area contributed by atoms with E-state index in [4.69, 9.17) is 9.47 Å². The number of amides is 2. The van der Waals surface area contributed by atoms with Crippen LogP contribution in [0, 0.1) is 0 Å². The molecule has 2 amide bonds. The molecular weight excluding hydrogens is 286 g/mol. The lowest BCUT2D eigenvalue weighted by atomic mass is 9.94. The second-order valence-electron chi connectivity index (χ2n) is 6.87. The highest BCUT2D eigenvalue weighted by Crippen LogP contribution is 2.28. The molecule has 2 fully saturated rings. The maximum absolute atomic E-state index is 12.3. The molecule has 0 saturated carbocycles. The maximum atomic E-state index is 12.3. The van der Waals surface area contributed by atoms with Crippen LogP contribution in [0.4, 0.5) is 4.79 Å². The van der Waals surface area contributed by atoms with Gasteiger partial charge in [-0.25, -0.2) is 4.79 Å². The number of carbonyl (C=O) groups is 2. The van der Waals surface area contributed by atoms with Crippen LogP contribution in [0.3, 0.4) is 0 Å². The van der Waals surface area contributed by atoms with Crippen molar-refractivity contribution in [2.45, 2.75) is 38.3 Å². The summed E-state index contributed by atoms with van der Waals surface area (Å²) in [6.07, 6.45) is 0.405. The molecule has 0 spiro atoms. The molecule has 1 N–H and O–H groups in total. The molecule has 0 aromatic carbocycles. The monoisotopic (exact) mass is 313 g/mol. The van der Waals surface area contributed by atoms with Crippen LogP contribution in [0.2, 0.25) is 0 Å². The minimum atomic E-state index is -0.589. The average molecular weight is 313 g/mol. The van der Waals surface area contributed by atoms with E-state index in [1.165, 1.54) is 0 Å². The molecule has 22 heavy (non-hydrogen) atoms. The molecule has 0 aromatic heterocycles. The Morgan fingerprint density at radius 3 is 2.27 bits per heavy atom. The zero-order valence-electron chi connectivity index (χ0n) is 14.0. The lowest BCUT2D eigenvalue weighted by Gasteiger charge is -2.43. The summed E-state index contributed by atoms with van der Waals surface area (Å²) >= 11 is 0. The Labute approximate surface area is 131 Å². The van der Waals surface area contributed by atoms with Crippen molar-refractivity contribution in [2.24, 2.45) is 0 Å². The summed E-state index contributed by atoms with van der Waals surface area (Å²) in [5.74, 6) is -0.00396. The van der Waals surface area contributed by atoms with E-state index >= 15 is 0 Å². The van der Waals surface area contributed by atoms with Gasteiger partial charge in [0, 0.05) is 46.3 Å². The van der Waals surface area contributed by atoms with E-state index in [1.54, 1.807) is 11.9 Å². The molecule has 0 aromatic rings. The number of nitrogens with one attached hydrogen (secondary N) is 1. The summed E-state index contributed by atoms with van der Waals surface area (Å²) < 4.78 is 10.9. The fraction of sp³-hybridized carbons (Fsp3) is 0.867.